The molecule has 0 spiro atoms. The molecule has 0 aromatic heterocycles. The molecule has 7 nitrogen and oxygen atoms in total. The minimum Gasteiger partial charge on any atom is -0.489 e. The number of para-hydroxylation sites is 1. The smallest absolute Gasteiger partial charge is 0.319 e. The van der Waals surface area contributed by atoms with Crippen molar-refractivity contribution in [3.05, 3.63) is 59.7 Å². The van der Waals surface area contributed by atoms with E-state index in [0.717, 1.165) is 22.6 Å². The number of rotatable bonds is 8. The molecule has 162 valence electrons. The van der Waals surface area contributed by atoms with Crippen molar-refractivity contribution in [3.8, 4) is 5.75 Å². The highest BCUT2D eigenvalue weighted by molar-refractivity contribution is 5.89. The first-order valence-electron chi connectivity index (χ1n) is 10.2. The zero-order valence-electron chi connectivity index (χ0n) is 18.5. The SMILES string of the molecule is CN=C(NCc1ccc(NC(=O)NC(C)C)cc1)NCC(C)Oc1ccccc1C. The number of hydrogen-bond acceptors (Lipinski definition) is 3. The molecule has 0 saturated carbocycles. The second-order valence-corrected chi connectivity index (χ2v) is 7.45. The minimum atomic E-state index is -0.206. The lowest BCUT2D eigenvalue weighted by Crippen LogP contribution is -2.41. The Hall–Kier alpha value is -3.22. The van der Waals surface area contributed by atoms with E-state index in [9.17, 15) is 4.79 Å². The maximum Gasteiger partial charge on any atom is 0.319 e. The fourth-order valence-corrected chi connectivity index (χ4v) is 2.73. The van der Waals surface area contributed by atoms with Gasteiger partial charge in [0.05, 0.1) is 6.54 Å². The molecular formula is C23H33N5O2. The van der Waals surface area contributed by atoms with Gasteiger partial charge in [0.2, 0.25) is 0 Å². The van der Waals surface area contributed by atoms with Crippen molar-refractivity contribution in [2.24, 2.45) is 4.99 Å². The van der Waals surface area contributed by atoms with Crippen LogP contribution in [0, 0.1) is 6.92 Å². The van der Waals surface area contributed by atoms with Crippen LogP contribution in [0.2, 0.25) is 0 Å². The van der Waals surface area contributed by atoms with Gasteiger partial charge in [-0.1, -0.05) is 30.3 Å². The maximum atomic E-state index is 11.8. The van der Waals surface area contributed by atoms with E-state index in [2.05, 4.69) is 26.3 Å². The molecule has 4 N–H and O–H groups in total. The molecule has 2 rings (SSSR count). The number of ether oxygens (including phenoxy) is 1. The summed E-state index contributed by atoms with van der Waals surface area (Å²) < 4.78 is 5.99. The Morgan fingerprint density at radius 3 is 2.37 bits per heavy atom. The molecule has 30 heavy (non-hydrogen) atoms. The summed E-state index contributed by atoms with van der Waals surface area (Å²) in [5, 5.41) is 12.2. The van der Waals surface area contributed by atoms with Crippen LogP contribution in [0.3, 0.4) is 0 Å². The first-order valence-corrected chi connectivity index (χ1v) is 10.2. The molecule has 0 aliphatic carbocycles. The van der Waals surface area contributed by atoms with Crippen molar-refractivity contribution < 1.29 is 9.53 Å². The predicted octanol–water partition coefficient (Wildman–Crippen LogP) is 3.66. The van der Waals surface area contributed by atoms with Crippen molar-refractivity contribution in [2.45, 2.75) is 46.4 Å². The van der Waals surface area contributed by atoms with Gasteiger partial charge < -0.3 is 26.0 Å². The van der Waals surface area contributed by atoms with E-state index in [1.165, 1.54) is 0 Å². The van der Waals surface area contributed by atoms with Gasteiger partial charge in [-0.05, 0) is 57.0 Å². The summed E-state index contributed by atoms with van der Waals surface area (Å²) in [5.74, 6) is 1.60. The fraction of sp³-hybridized carbons (Fsp3) is 0.391. The Kier molecular flexibility index (Phi) is 9.00. The number of benzene rings is 2. The molecule has 0 bridgehead atoms. The number of anilines is 1. The molecule has 2 amide bonds. The van der Waals surface area contributed by atoms with Crippen LogP contribution in [0.15, 0.2) is 53.5 Å². The van der Waals surface area contributed by atoms with Gasteiger partial charge in [0.15, 0.2) is 5.96 Å². The van der Waals surface area contributed by atoms with Crippen LogP contribution in [0.25, 0.3) is 0 Å². The van der Waals surface area contributed by atoms with Crippen LogP contribution in [-0.4, -0.2) is 37.7 Å². The van der Waals surface area contributed by atoms with E-state index in [4.69, 9.17) is 4.74 Å². The Labute approximate surface area is 179 Å². The van der Waals surface area contributed by atoms with E-state index in [-0.39, 0.29) is 18.2 Å². The molecule has 1 unspecified atom stereocenters. The summed E-state index contributed by atoms with van der Waals surface area (Å²) in [6.45, 7) is 9.14. The van der Waals surface area contributed by atoms with Crippen LogP contribution in [-0.2, 0) is 6.54 Å². The third-order valence-electron chi connectivity index (χ3n) is 4.29. The van der Waals surface area contributed by atoms with Gasteiger partial charge in [-0.25, -0.2) is 4.79 Å². The summed E-state index contributed by atoms with van der Waals surface area (Å²) in [7, 11) is 1.74. The lowest BCUT2D eigenvalue weighted by molar-refractivity contribution is 0.222. The average molecular weight is 412 g/mol. The quantitative estimate of drug-likeness (QED) is 0.394. The third kappa shape index (κ3) is 8.03. The van der Waals surface area contributed by atoms with Crippen LogP contribution in [0.1, 0.15) is 31.9 Å². The molecule has 2 aromatic carbocycles. The summed E-state index contributed by atoms with van der Waals surface area (Å²) >= 11 is 0. The van der Waals surface area contributed by atoms with Gasteiger partial charge in [-0.15, -0.1) is 0 Å². The molecule has 2 aromatic rings. The Balaban J connectivity index is 1.77. The summed E-state index contributed by atoms with van der Waals surface area (Å²) in [6, 6.07) is 15.6. The zero-order valence-corrected chi connectivity index (χ0v) is 18.5. The standard InChI is InChI=1S/C23H33N5O2/c1-16(2)27-23(29)28-20-12-10-19(11-13-20)15-26-22(24-5)25-14-18(4)30-21-9-7-6-8-17(21)3/h6-13,16,18H,14-15H2,1-5H3,(H2,24,25,26)(H2,27,28,29). The van der Waals surface area contributed by atoms with Crippen molar-refractivity contribution >= 4 is 17.7 Å². The number of guanidine groups is 1. The Bertz CT molecular complexity index is 834. The molecule has 0 aliphatic heterocycles. The number of nitrogens with one attached hydrogen (secondary N) is 4. The van der Waals surface area contributed by atoms with Crippen molar-refractivity contribution in [1.29, 1.82) is 0 Å². The van der Waals surface area contributed by atoms with Crippen molar-refractivity contribution in [2.75, 3.05) is 18.9 Å². The number of nitrogens with zero attached hydrogens (tertiary/aromatic N) is 1. The molecular weight excluding hydrogens is 378 g/mol. The summed E-state index contributed by atoms with van der Waals surface area (Å²) in [5.41, 5.74) is 2.95. The largest absolute Gasteiger partial charge is 0.489 e. The number of carbonyl (C=O) groups is 1. The molecule has 0 fully saturated rings. The lowest BCUT2D eigenvalue weighted by atomic mass is 10.2. The van der Waals surface area contributed by atoms with Gasteiger partial charge in [0, 0.05) is 25.3 Å². The molecule has 0 heterocycles. The number of aryl methyl sites for hydroxylation is 1. The van der Waals surface area contributed by atoms with Gasteiger partial charge in [0.1, 0.15) is 11.9 Å². The fourth-order valence-electron chi connectivity index (χ4n) is 2.73. The lowest BCUT2D eigenvalue weighted by Gasteiger charge is -2.19. The van der Waals surface area contributed by atoms with Crippen molar-refractivity contribution in [3.63, 3.8) is 0 Å². The molecule has 0 radical (unpaired) electrons. The Morgan fingerprint density at radius 2 is 1.73 bits per heavy atom. The first-order chi connectivity index (χ1) is 14.4. The van der Waals surface area contributed by atoms with Crippen LogP contribution in [0.5, 0.6) is 5.75 Å². The summed E-state index contributed by atoms with van der Waals surface area (Å²) in [4.78, 5) is 16.0. The topological polar surface area (TPSA) is 86.8 Å². The highest BCUT2D eigenvalue weighted by Crippen LogP contribution is 2.17. The van der Waals surface area contributed by atoms with E-state index in [1.54, 1.807) is 7.05 Å². The number of amides is 2. The van der Waals surface area contributed by atoms with Gasteiger partial charge in [0.25, 0.3) is 0 Å². The van der Waals surface area contributed by atoms with Crippen LogP contribution in [0.4, 0.5) is 10.5 Å². The van der Waals surface area contributed by atoms with E-state index >= 15 is 0 Å². The predicted molar refractivity (Wildman–Crippen MR) is 123 cm³/mol. The number of aliphatic imine (C=N–C) groups is 1. The zero-order chi connectivity index (χ0) is 21.9. The molecule has 1 atom stereocenters. The normalized spacial score (nSPS) is 12.3. The van der Waals surface area contributed by atoms with Gasteiger partial charge in [-0.3, -0.25) is 4.99 Å². The van der Waals surface area contributed by atoms with Crippen LogP contribution < -0.4 is 26.0 Å². The number of carbonyl (C=O) groups excluding carboxylic acids is 1. The molecule has 0 aliphatic rings. The van der Waals surface area contributed by atoms with Gasteiger partial charge >= 0.3 is 6.03 Å². The average Bonchev–Trinajstić information content (AvgIpc) is 2.70. The minimum absolute atomic E-state index is 0.00741. The van der Waals surface area contributed by atoms with E-state index in [0.29, 0.717) is 19.0 Å². The number of hydrogen-bond donors (Lipinski definition) is 4. The monoisotopic (exact) mass is 411 g/mol. The summed E-state index contributed by atoms with van der Waals surface area (Å²) in [6.07, 6.45) is -0.00741. The third-order valence-corrected chi connectivity index (χ3v) is 4.29. The molecule has 0 saturated heterocycles. The maximum absolute atomic E-state index is 11.8. The molecule has 7 heteroatoms. The highest BCUT2D eigenvalue weighted by Gasteiger charge is 2.08. The van der Waals surface area contributed by atoms with E-state index in [1.807, 2.05) is 76.2 Å². The highest BCUT2D eigenvalue weighted by atomic mass is 16.5. The first kappa shape index (κ1) is 23.1. The van der Waals surface area contributed by atoms with E-state index < -0.39 is 0 Å². The van der Waals surface area contributed by atoms with Crippen molar-refractivity contribution in [1.82, 2.24) is 16.0 Å². The second-order valence-electron chi connectivity index (χ2n) is 7.45. The van der Waals surface area contributed by atoms with Crippen LogP contribution >= 0.6 is 0 Å². The second kappa shape index (κ2) is 11.7. The van der Waals surface area contributed by atoms with Gasteiger partial charge in [-0.2, -0.15) is 0 Å². The number of urea groups is 1. The Morgan fingerprint density at radius 1 is 1.03 bits per heavy atom.